The predicted molar refractivity (Wildman–Crippen MR) is 53.5 cm³/mol. The van der Waals surface area contributed by atoms with E-state index in [4.69, 9.17) is 16.3 Å². The lowest BCUT2D eigenvalue weighted by Crippen LogP contribution is -2.37. The van der Waals surface area contributed by atoms with Gasteiger partial charge in [0.2, 0.25) is 5.28 Å². The summed E-state index contributed by atoms with van der Waals surface area (Å²) in [6.45, 7) is 5.67. The van der Waals surface area contributed by atoms with E-state index in [0.717, 1.165) is 31.9 Å². The van der Waals surface area contributed by atoms with Crippen molar-refractivity contribution in [2.75, 3.05) is 13.2 Å². The van der Waals surface area contributed by atoms with Crippen LogP contribution in [0.15, 0.2) is 0 Å². The molecule has 2 rings (SSSR count). The first-order valence-electron chi connectivity index (χ1n) is 4.79. The molecule has 0 aromatic carbocycles. The highest BCUT2D eigenvalue weighted by atomic mass is 35.5. The van der Waals surface area contributed by atoms with Gasteiger partial charge in [0.15, 0.2) is 0 Å². The van der Waals surface area contributed by atoms with Gasteiger partial charge in [0.25, 0.3) is 0 Å². The largest absolute Gasteiger partial charge is 0.381 e. The number of hydrogen-bond donors (Lipinski definition) is 0. The summed E-state index contributed by atoms with van der Waals surface area (Å²) in [7, 11) is 0. The van der Waals surface area contributed by atoms with Crippen LogP contribution in [0.5, 0.6) is 0 Å². The lowest BCUT2D eigenvalue weighted by molar-refractivity contribution is 0.0286. The van der Waals surface area contributed by atoms with E-state index in [1.165, 1.54) is 0 Å². The second kappa shape index (κ2) is 3.51. The average molecular weight is 216 g/mol. The maximum Gasteiger partial charge on any atom is 0.225 e. The van der Waals surface area contributed by atoms with E-state index in [1.807, 2.05) is 11.5 Å². The zero-order valence-electron chi connectivity index (χ0n) is 8.46. The average Bonchev–Trinajstić information content (AvgIpc) is 2.48. The molecule has 0 unspecified atom stereocenters. The highest BCUT2D eigenvalue weighted by molar-refractivity contribution is 6.28. The molecule has 14 heavy (non-hydrogen) atoms. The Bertz CT molecular complexity index is 311. The van der Waals surface area contributed by atoms with Gasteiger partial charge in [-0.15, -0.1) is 10.2 Å². The van der Waals surface area contributed by atoms with Gasteiger partial charge < -0.3 is 4.74 Å². The molecule has 0 saturated carbocycles. The summed E-state index contributed by atoms with van der Waals surface area (Å²) >= 11 is 6.02. The Morgan fingerprint density at radius 1 is 1.36 bits per heavy atom. The third-order valence-corrected chi connectivity index (χ3v) is 3.14. The van der Waals surface area contributed by atoms with Crippen molar-refractivity contribution in [3.05, 3.63) is 11.1 Å². The summed E-state index contributed by atoms with van der Waals surface area (Å²) in [5, 5.41) is 8.33. The van der Waals surface area contributed by atoms with E-state index < -0.39 is 0 Å². The van der Waals surface area contributed by atoms with E-state index in [0.29, 0.717) is 5.28 Å². The summed E-state index contributed by atoms with van der Waals surface area (Å²) in [5.74, 6) is 0.874. The normalized spacial score (nSPS) is 21.1. The van der Waals surface area contributed by atoms with Crippen LogP contribution in [0.1, 0.15) is 25.6 Å². The highest BCUT2D eigenvalue weighted by Crippen LogP contribution is 2.31. The van der Waals surface area contributed by atoms with Crippen LogP contribution in [0.2, 0.25) is 5.28 Å². The lowest BCUT2D eigenvalue weighted by atomic mass is 9.92. The maximum atomic E-state index is 6.02. The van der Waals surface area contributed by atoms with Crippen LogP contribution in [0.4, 0.5) is 0 Å². The van der Waals surface area contributed by atoms with Gasteiger partial charge in [0.05, 0.1) is 5.54 Å². The zero-order valence-corrected chi connectivity index (χ0v) is 9.21. The van der Waals surface area contributed by atoms with Crippen molar-refractivity contribution in [2.45, 2.75) is 32.2 Å². The minimum atomic E-state index is 0.0168. The van der Waals surface area contributed by atoms with Crippen molar-refractivity contribution in [1.29, 1.82) is 0 Å². The smallest absolute Gasteiger partial charge is 0.225 e. The van der Waals surface area contributed by atoms with Crippen molar-refractivity contribution in [3.8, 4) is 0 Å². The molecule has 4 nitrogen and oxygen atoms in total. The van der Waals surface area contributed by atoms with E-state index >= 15 is 0 Å². The molecule has 0 atom stereocenters. The Labute approximate surface area is 88.2 Å². The second-order valence-corrected chi connectivity index (χ2v) is 4.30. The molecule has 2 heterocycles. The molecule has 1 saturated heterocycles. The monoisotopic (exact) mass is 215 g/mol. The summed E-state index contributed by atoms with van der Waals surface area (Å²) in [5.41, 5.74) is 0.0168. The molecule has 1 aliphatic rings. The van der Waals surface area contributed by atoms with E-state index in [-0.39, 0.29) is 5.54 Å². The van der Waals surface area contributed by atoms with Gasteiger partial charge in [-0.25, -0.2) is 0 Å². The quantitative estimate of drug-likeness (QED) is 0.717. The van der Waals surface area contributed by atoms with Crippen LogP contribution in [0, 0.1) is 6.92 Å². The van der Waals surface area contributed by atoms with Gasteiger partial charge in [-0.2, -0.15) is 0 Å². The Morgan fingerprint density at radius 2 is 2.00 bits per heavy atom. The Balaban J connectivity index is 2.36. The van der Waals surface area contributed by atoms with Gasteiger partial charge in [0.1, 0.15) is 5.82 Å². The minimum Gasteiger partial charge on any atom is -0.381 e. The van der Waals surface area contributed by atoms with Gasteiger partial charge >= 0.3 is 0 Å². The number of halogens is 1. The molecule has 1 fully saturated rings. The first-order valence-corrected chi connectivity index (χ1v) is 5.17. The Morgan fingerprint density at radius 3 is 2.50 bits per heavy atom. The van der Waals surface area contributed by atoms with Gasteiger partial charge in [0, 0.05) is 13.2 Å². The highest BCUT2D eigenvalue weighted by Gasteiger charge is 2.32. The minimum absolute atomic E-state index is 0.0168. The molecule has 0 spiro atoms. The van der Waals surface area contributed by atoms with Crippen LogP contribution < -0.4 is 0 Å². The van der Waals surface area contributed by atoms with E-state index in [2.05, 4.69) is 17.1 Å². The molecule has 1 aliphatic heterocycles. The van der Waals surface area contributed by atoms with Crippen LogP contribution in [0.3, 0.4) is 0 Å². The van der Waals surface area contributed by atoms with Crippen LogP contribution in [-0.4, -0.2) is 28.0 Å². The van der Waals surface area contributed by atoms with Gasteiger partial charge in [-0.1, -0.05) is 0 Å². The van der Waals surface area contributed by atoms with E-state index in [9.17, 15) is 0 Å². The summed E-state index contributed by atoms with van der Waals surface area (Å²) in [6, 6.07) is 0. The molecule has 0 radical (unpaired) electrons. The van der Waals surface area contributed by atoms with Gasteiger partial charge in [-0.05, 0) is 38.3 Å². The fraction of sp³-hybridized carbons (Fsp3) is 0.778. The number of nitrogens with zero attached hydrogens (tertiary/aromatic N) is 3. The maximum absolute atomic E-state index is 6.02. The van der Waals surface area contributed by atoms with E-state index in [1.54, 1.807) is 0 Å². The third-order valence-electron chi connectivity index (χ3n) is 2.90. The SMILES string of the molecule is Cc1nnc(Cl)n1C1(C)CCOCC1. The van der Waals surface area contributed by atoms with Crippen LogP contribution in [0.25, 0.3) is 0 Å². The first kappa shape index (κ1) is 9.93. The molecule has 0 amide bonds. The Hall–Kier alpha value is -0.610. The standard InChI is InChI=1S/C9H14ClN3O/c1-7-11-12-8(10)13(7)9(2)3-5-14-6-4-9/h3-6H2,1-2H3. The molecule has 5 heteroatoms. The number of aryl methyl sites for hydroxylation is 1. The summed E-state index contributed by atoms with van der Waals surface area (Å²) in [4.78, 5) is 0. The number of ether oxygens (including phenoxy) is 1. The zero-order chi connectivity index (χ0) is 10.2. The Kier molecular flexibility index (Phi) is 2.49. The second-order valence-electron chi connectivity index (χ2n) is 3.96. The molecule has 0 N–H and O–H groups in total. The number of rotatable bonds is 1. The molecular formula is C9H14ClN3O. The number of hydrogen-bond acceptors (Lipinski definition) is 3. The molecule has 0 aliphatic carbocycles. The fourth-order valence-electron chi connectivity index (χ4n) is 1.98. The lowest BCUT2D eigenvalue weighted by Gasteiger charge is -2.35. The molecule has 1 aromatic rings. The van der Waals surface area contributed by atoms with Crippen molar-refractivity contribution >= 4 is 11.6 Å². The topological polar surface area (TPSA) is 39.9 Å². The third kappa shape index (κ3) is 1.53. The van der Waals surface area contributed by atoms with Crippen molar-refractivity contribution < 1.29 is 4.74 Å². The molecule has 0 bridgehead atoms. The summed E-state index contributed by atoms with van der Waals surface area (Å²) in [6.07, 6.45) is 1.93. The van der Waals surface area contributed by atoms with Crippen molar-refractivity contribution in [3.63, 3.8) is 0 Å². The van der Waals surface area contributed by atoms with Gasteiger partial charge in [-0.3, -0.25) is 4.57 Å². The summed E-state index contributed by atoms with van der Waals surface area (Å²) < 4.78 is 7.36. The van der Waals surface area contributed by atoms with Crippen molar-refractivity contribution in [1.82, 2.24) is 14.8 Å². The molecule has 78 valence electrons. The fourth-order valence-corrected chi connectivity index (χ4v) is 2.35. The van der Waals surface area contributed by atoms with Crippen molar-refractivity contribution in [2.24, 2.45) is 0 Å². The number of aromatic nitrogens is 3. The molecular weight excluding hydrogens is 202 g/mol. The predicted octanol–water partition coefficient (Wildman–Crippen LogP) is 1.77. The first-order chi connectivity index (χ1) is 6.63. The van der Waals surface area contributed by atoms with Crippen LogP contribution >= 0.6 is 11.6 Å². The molecule has 1 aromatic heterocycles. The van der Waals surface area contributed by atoms with Crippen LogP contribution in [-0.2, 0) is 10.3 Å².